The zero-order chi connectivity index (χ0) is 22.0. The third-order valence-corrected chi connectivity index (χ3v) is 7.18. The number of benzene rings is 1. The Labute approximate surface area is 185 Å². The second-order valence-electron chi connectivity index (χ2n) is 9.00. The Morgan fingerprint density at radius 2 is 2.00 bits per heavy atom. The van der Waals surface area contributed by atoms with Crippen LogP contribution in [0, 0.1) is 6.92 Å². The molecule has 166 valence electrons. The minimum atomic E-state index is 0.0114. The summed E-state index contributed by atoms with van der Waals surface area (Å²) in [7, 11) is 4.40. The molecule has 0 bridgehead atoms. The molecule has 0 aliphatic heterocycles. The number of aliphatic hydroxyl groups excluding tert-OH is 1. The van der Waals surface area contributed by atoms with E-state index in [9.17, 15) is 5.11 Å². The number of aromatic nitrogens is 2. The van der Waals surface area contributed by atoms with Gasteiger partial charge in [0.1, 0.15) is 11.4 Å². The van der Waals surface area contributed by atoms with Gasteiger partial charge in [-0.2, -0.15) is 0 Å². The standard InChI is InChI=1S/C26H35N3O2/c1-5-31-23-17-20(9-8-18(23)2)26(29(3)4)13-10-19(11-14-26)24-21(12-16-30)22-7-6-15-27-25(22)28-24/h6-9,15,17,19,30H,5,10-14,16H2,1-4H3,(H,27,28). The molecule has 2 heterocycles. The second-order valence-corrected chi connectivity index (χ2v) is 9.00. The Hall–Kier alpha value is -2.37. The van der Waals surface area contributed by atoms with Gasteiger partial charge in [-0.15, -0.1) is 0 Å². The zero-order valence-corrected chi connectivity index (χ0v) is 19.2. The van der Waals surface area contributed by atoms with Crippen molar-refractivity contribution >= 4 is 11.0 Å². The first-order valence-electron chi connectivity index (χ1n) is 11.5. The quantitative estimate of drug-likeness (QED) is 0.568. The van der Waals surface area contributed by atoms with Crippen LogP contribution in [0.4, 0.5) is 0 Å². The van der Waals surface area contributed by atoms with Crippen molar-refractivity contribution in [3.8, 4) is 5.75 Å². The average molecular weight is 422 g/mol. The molecule has 1 aromatic carbocycles. The van der Waals surface area contributed by atoms with Crippen LogP contribution in [-0.2, 0) is 12.0 Å². The summed E-state index contributed by atoms with van der Waals surface area (Å²) in [5.74, 6) is 1.45. The number of H-pyrrole nitrogens is 1. The van der Waals surface area contributed by atoms with Crippen LogP contribution in [0.3, 0.4) is 0 Å². The van der Waals surface area contributed by atoms with Crippen LogP contribution in [0.25, 0.3) is 11.0 Å². The minimum Gasteiger partial charge on any atom is -0.494 e. The molecule has 0 atom stereocenters. The molecule has 0 radical (unpaired) electrons. The third-order valence-electron chi connectivity index (χ3n) is 7.18. The van der Waals surface area contributed by atoms with Crippen molar-refractivity contribution in [3.05, 3.63) is 58.9 Å². The molecule has 1 aliphatic rings. The molecule has 0 spiro atoms. The summed E-state index contributed by atoms with van der Waals surface area (Å²) in [6, 6.07) is 10.8. The molecule has 0 unspecified atom stereocenters. The highest BCUT2D eigenvalue weighted by atomic mass is 16.5. The van der Waals surface area contributed by atoms with Crippen molar-refractivity contribution in [1.29, 1.82) is 0 Å². The van der Waals surface area contributed by atoms with E-state index < -0.39 is 0 Å². The topological polar surface area (TPSA) is 61.4 Å². The number of hydrogen-bond acceptors (Lipinski definition) is 4. The molecule has 4 rings (SSSR count). The Morgan fingerprint density at radius 3 is 2.68 bits per heavy atom. The highest BCUT2D eigenvalue weighted by Gasteiger charge is 2.40. The smallest absolute Gasteiger partial charge is 0.137 e. The maximum absolute atomic E-state index is 9.66. The first-order chi connectivity index (χ1) is 15.0. The number of fused-ring (bicyclic) bond motifs is 1. The minimum absolute atomic E-state index is 0.0114. The van der Waals surface area contributed by atoms with Crippen LogP contribution in [0.2, 0.25) is 0 Å². The van der Waals surface area contributed by atoms with Gasteiger partial charge < -0.3 is 14.8 Å². The van der Waals surface area contributed by atoms with Crippen molar-refractivity contribution in [2.45, 2.75) is 57.4 Å². The van der Waals surface area contributed by atoms with Crippen LogP contribution in [-0.4, -0.2) is 47.3 Å². The molecule has 2 aromatic heterocycles. The Bertz CT molecular complexity index is 1030. The summed E-state index contributed by atoms with van der Waals surface area (Å²) in [5, 5.41) is 10.8. The van der Waals surface area contributed by atoms with Crippen molar-refractivity contribution in [3.63, 3.8) is 0 Å². The van der Waals surface area contributed by atoms with Gasteiger partial charge in [-0.3, -0.25) is 4.90 Å². The summed E-state index contributed by atoms with van der Waals surface area (Å²) >= 11 is 0. The predicted octanol–water partition coefficient (Wildman–Crippen LogP) is 4.92. The van der Waals surface area contributed by atoms with E-state index in [-0.39, 0.29) is 12.1 Å². The monoisotopic (exact) mass is 421 g/mol. The molecular formula is C26H35N3O2. The molecule has 5 nitrogen and oxygen atoms in total. The molecule has 5 heteroatoms. The van der Waals surface area contributed by atoms with Gasteiger partial charge >= 0.3 is 0 Å². The van der Waals surface area contributed by atoms with Gasteiger partial charge in [0.25, 0.3) is 0 Å². The maximum atomic E-state index is 9.66. The maximum Gasteiger partial charge on any atom is 0.137 e. The van der Waals surface area contributed by atoms with E-state index in [1.54, 1.807) is 0 Å². The van der Waals surface area contributed by atoms with Crippen molar-refractivity contribution < 1.29 is 9.84 Å². The van der Waals surface area contributed by atoms with Gasteiger partial charge in [-0.1, -0.05) is 12.1 Å². The number of aryl methyl sites for hydroxylation is 1. The first-order valence-corrected chi connectivity index (χ1v) is 11.5. The molecule has 0 saturated heterocycles. The summed E-state index contributed by atoms with van der Waals surface area (Å²) in [4.78, 5) is 10.5. The number of pyridine rings is 1. The highest BCUT2D eigenvalue weighted by Crippen LogP contribution is 2.47. The molecule has 1 saturated carbocycles. The van der Waals surface area contributed by atoms with E-state index in [4.69, 9.17) is 4.74 Å². The Balaban J connectivity index is 1.64. The van der Waals surface area contributed by atoms with Crippen LogP contribution >= 0.6 is 0 Å². The predicted molar refractivity (Wildman–Crippen MR) is 126 cm³/mol. The second kappa shape index (κ2) is 9.01. The van der Waals surface area contributed by atoms with Gasteiger partial charge in [0.2, 0.25) is 0 Å². The number of aromatic amines is 1. The SMILES string of the molecule is CCOc1cc(C2(N(C)C)CCC(c3[nH]c4ncccc4c3CCO)CC2)ccc1C. The van der Waals surface area contributed by atoms with Gasteiger partial charge in [0.05, 0.1) is 6.61 Å². The van der Waals surface area contributed by atoms with Crippen LogP contribution < -0.4 is 4.74 Å². The fraction of sp³-hybridized carbons (Fsp3) is 0.500. The fourth-order valence-corrected chi connectivity index (χ4v) is 5.40. The number of hydrogen-bond donors (Lipinski definition) is 2. The average Bonchev–Trinajstić information content (AvgIpc) is 3.14. The first kappa shape index (κ1) is 21.8. The van der Waals surface area contributed by atoms with E-state index in [2.05, 4.69) is 60.2 Å². The lowest BCUT2D eigenvalue weighted by Crippen LogP contribution is -2.44. The summed E-state index contributed by atoms with van der Waals surface area (Å²) in [5.41, 5.74) is 5.99. The number of rotatable bonds is 7. The lowest BCUT2D eigenvalue weighted by atomic mass is 9.70. The third kappa shape index (κ3) is 3.97. The lowest BCUT2D eigenvalue weighted by molar-refractivity contribution is 0.0900. The van der Waals surface area contributed by atoms with Crippen molar-refractivity contribution in [1.82, 2.24) is 14.9 Å². The Kier molecular flexibility index (Phi) is 6.35. The van der Waals surface area contributed by atoms with E-state index in [1.165, 1.54) is 22.4 Å². The number of nitrogens with one attached hydrogen (secondary N) is 1. The van der Waals surface area contributed by atoms with Gasteiger partial charge in [-0.05, 0) is 101 Å². The molecule has 2 N–H and O–H groups in total. The Morgan fingerprint density at radius 1 is 1.23 bits per heavy atom. The fourth-order valence-electron chi connectivity index (χ4n) is 5.40. The largest absolute Gasteiger partial charge is 0.494 e. The molecule has 0 amide bonds. The summed E-state index contributed by atoms with van der Waals surface area (Å²) in [6.45, 7) is 5.00. The normalized spacial score (nSPS) is 21.7. The van der Waals surface area contributed by atoms with Crippen LogP contribution in [0.1, 0.15) is 60.9 Å². The molecule has 1 fully saturated rings. The van der Waals surface area contributed by atoms with E-state index in [1.807, 2.05) is 19.2 Å². The van der Waals surface area contributed by atoms with Gasteiger partial charge in [-0.25, -0.2) is 4.98 Å². The lowest BCUT2D eigenvalue weighted by Gasteiger charge is -2.46. The van der Waals surface area contributed by atoms with Gasteiger partial charge in [0.15, 0.2) is 0 Å². The molecule has 1 aliphatic carbocycles. The van der Waals surface area contributed by atoms with Crippen LogP contribution in [0.15, 0.2) is 36.5 Å². The van der Waals surface area contributed by atoms with E-state index in [0.29, 0.717) is 18.9 Å². The zero-order valence-electron chi connectivity index (χ0n) is 19.2. The molecular weight excluding hydrogens is 386 g/mol. The highest BCUT2D eigenvalue weighted by molar-refractivity contribution is 5.81. The molecule has 31 heavy (non-hydrogen) atoms. The number of ether oxygens (including phenoxy) is 1. The van der Waals surface area contributed by atoms with Gasteiger partial charge in [0, 0.05) is 29.4 Å². The number of nitrogens with zero attached hydrogens (tertiary/aromatic N) is 2. The van der Waals surface area contributed by atoms with Crippen molar-refractivity contribution in [2.75, 3.05) is 27.3 Å². The van der Waals surface area contributed by atoms with Crippen LogP contribution in [0.5, 0.6) is 5.75 Å². The summed E-state index contributed by atoms with van der Waals surface area (Å²) < 4.78 is 5.91. The van der Waals surface area contributed by atoms with E-state index >= 15 is 0 Å². The summed E-state index contributed by atoms with van der Waals surface area (Å²) in [6.07, 6.45) is 6.87. The number of aliphatic hydroxyl groups is 1. The van der Waals surface area contributed by atoms with E-state index in [0.717, 1.165) is 42.5 Å². The molecule has 3 aromatic rings. The van der Waals surface area contributed by atoms with Crippen molar-refractivity contribution in [2.24, 2.45) is 0 Å².